The first-order valence-corrected chi connectivity index (χ1v) is 8.33. The topological polar surface area (TPSA) is 128 Å². The molecule has 0 spiro atoms. The lowest BCUT2D eigenvalue weighted by atomic mass is 10.3. The summed E-state index contributed by atoms with van der Waals surface area (Å²) in [5, 5.41) is 7.49. The van der Waals surface area contributed by atoms with E-state index in [1.807, 2.05) is 6.07 Å². The number of sulfonamides is 1. The normalized spacial score (nSPS) is 11.7. The first kappa shape index (κ1) is 14.7. The van der Waals surface area contributed by atoms with E-state index in [-0.39, 0.29) is 24.6 Å². The van der Waals surface area contributed by atoms with Crippen molar-refractivity contribution in [2.45, 2.75) is 6.42 Å². The fourth-order valence-corrected chi connectivity index (χ4v) is 3.22. The van der Waals surface area contributed by atoms with E-state index in [0.717, 1.165) is 4.70 Å². The molecule has 0 radical (unpaired) electrons. The van der Waals surface area contributed by atoms with Crippen LogP contribution in [0.15, 0.2) is 18.3 Å². The SMILES string of the molecule is Nc1c(C(=O)NCCCS(N)(=O)=O)sc2cccnc12. The Morgan fingerprint density at radius 2 is 2.20 bits per heavy atom. The summed E-state index contributed by atoms with van der Waals surface area (Å²) >= 11 is 1.25. The van der Waals surface area contributed by atoms with Crippen LogP contribution in [0.4, 0.5) is 5.69 Å². The standard InChI is InChI=1S/C11H14N4O3S2/c12-8-9-7(3-1-4-14-9)19-10(8)11(16)15-5-2-6-20(13,17)18/h1,3-4H,2,5-6,12H2,(H,15,16)(H2,13,17,18). The predicted octanol–water partition coefficient (Wildman–Crippen LogP) is 0.287. The Hall–Kier alpha value is -1.71. The zero-order valence-electron chi connectivity index (χ0n) is 10.5. The van der Waals surface area contributed by atoms with E-state index >= 15 is 0 Å². The first-order valence-electron chi connectivity index (χ1n) is 5.80. The van der Waals surface area contributed by atoms with E-state index in [4.69, 9.17) is 10.9 Å². The van der Waals surface area contributed by atoms with Crippen LogP contribution >= 0.6 is 11.3 Å². The summed E-state index contributed by atoms with van der Waals surface area (Å²) in [6.07, 6.45) is 1.87. The smallest absolute Gasteiger partial charge is 0.263 e. The molecule has 0 atom stereocenters. The van der Waals surface area contributed by atoms with Gasteiger partial charge in [0.15, 0.2) is 0 Å². The van der Waals surface area contributed by atoms with Gasteiger partial charge >= 0.3 is 0 Å². The Bertz CT molecular complexity index is 739. The molecule has 0 fully saturated rings. The summed E-state index contributed by atoms with van der Waals surface area (Å²) in [6.45, 7) is 0.219. The second-order valence-corrected chi connectivity index (χ2v) is 6.96. The van der Waals surface area contributed by atoms with Crippen molar-refractivity contribution in [3.63, 3.8) is 0 Å². The van der Waals surface area contributed by atoms with Crippen LogP contribution in [0.2, 0.25) is 0 Å². The molecule has 0 aliphatic heterocycles. The fourth-order valence-electron chi connectivity index (χ4n) is 1.67. The quantitative estimate of drug-likeness (QED) is 0.683. The molecular weight excluding hydrogens is 300 g/mol. The van der Waals surface area contributed by atoms with Gasteiger partial charge in [0.2, 0.25) is 10.0 Å². The van der Waals surface area contributed by atoms with Gasteiger partial charge in [-0.25, -0.2) is 13.6 Å². The molecule has 1 amide bonds. The summed E-state index contributed by atoms with van der Waals surface area (Å²) in [6, 6.07) is 3.60. The Morgan fingerprint density at radius 3 is 2.85 bits per heavy atom. The Balaban J connectivity index is 2.03. The molecule has 108 valence electrons. The highest BCUT2D eigenvalue weighted by Gasteiger charge is 2.16. The van der Waals surface area contributed by atoms with Crippen LogP contribution in [0.5, 0.6) is 0 Å². The lowest BCUT2D eigenvalue weighted by Gasteiger charge is -2.03. The third kappa shape index (κ3) is 3.44. The number of nitrogen functional groups attached to an aromatic ring is 1. The van der Waals surface area contributed by atoms with Gasteiger partial charge in [0, 0.05) is 12.7 Å². The zero-order chi connectivity index (χ0) is 14.8. The Kier molecular flexibility index (Phi) is 4.21. The van der Waals surface area contributed by atoms with E-state index in [1.165, 1.54) is 11.3 Å². The number of nitrogens with one attached hydrogen (secondary N) is 1. The largest absolute Gasteiger partial charge is 0.396 e. The number of carbonyl (C=O) groups excluding carboxylic acids is 1. The molecule has 2 aromatic rings. The van der Waals surface area contributed by atoms with Crippen molar-refractivity contribution in [2.24, 2.45) is 5.14 Å². The van der Waals surface area contributed by atoms with Crippen LogP contribution < -0.4 is 16.2 Å². The molecule has 20 heavy (non-hydrogen) atoms. The number of rotatable bonds is 5. The molecule has 2 aromatic heterocycles. The second kappa shape index (κ2) is 5.73. The molecule has 0 aliphatic carbocycles. The molecule has 2 rings (SSSR count). The van der Waals surface area contributed by atoms with Crippen LogP contribution in [0.1, 0.15) is 16.1 Å². The van der Waals surface area contributed by atoms with Crippen LogP contribution in [0.25, 0.3) is 10.2 Å². The number of nitrogens with zero attached hydrogens (tertiary/aromatic N) is 1. The first-order chi connectivity index (χ1) is 9.38. The number of aromatic nitrogens is 1. The Morgan fingerprint density at radius 1 is 1.45 bits per heavy atom. The summed E-state index contributed by atoms with van der Waals surface area (Å²) in [7, 11) is -3.50. The predicted molar refractivity (Wildman–Crippen MR) is 79.0 cm³/mol. The van der Waals surface area contributed by atoms with Crippen LogP contribution in [-0.2, 0) is 10.0 Å². The van der Waals surface area contributed by atoms with Gasteiger partial charge in [-0.15, -0.1) is 11.3 Å². The molecule has 0 aromatic carbocycles. The molecule has 9 heteroatoms. The van der Waals surface area contributed by atoms with Gasteiger partial charge < -0.3 is 11.1 Å². The molecule has 7 nitrogen and oxygen atoms in total. The van der Waals surface area contributed by atoms with E-state index in [0.29, 0.717) is 16.1 Å². The monoisotopic (exact) mass is 314 g/mol. The van der Waals surface area contributed by atoms with Crippen molar-refractivity contribution in [2.75, 3.05) is 18.0 Å². The van der Waals surface area contributed by atoms with Gasteiger partial charge in [-0.1, -0.05) is 0 Å². The van der Waals surface area contributed by atoms with Gasteiger partial charge in [0.1, 0.15) is 10.4 Å². The number of nitrogens with two attached hydrogens (primary N) is 2. The maximum atomic E-state index is 12.0. The van der Waals surface area contributed by atoms with Gasteiger partial charge in [-0.05, 0) is 18.6 Å². The van der Waals surface area contributed by atoms with E-state index < -0.39 is 10.0 Å². The minimum absolute atomic E-state index is 0.170. The van der Waals surface area contributed by atoms with Crippen LogP contribution in [-0.4, -0.2) is 31.6 Å². The maximum absolute atomic E-state index is 12.0. The van der Waals surface area contributed by atoms with Crippen LogP contribution in [0.3, 0.4) is 0 Å². The average Bonchev–Trinajstić information content (AvgIpc) is 2.72. The molecule has 2 heterocycles. The number of primary sulfonamides is 1. The van der Waals surface area contributed by atoms with Gasteiger partial charge in [0.25, 0.3) is 5.91 Å². The van der Waals surface area contributed by atoms with E-state index in [9.17, 15) is 13.2 Å². The average molecular weight is 314 g/mol. The highest BCUT2D eigenvalue weighted by atomic mass is 32.2. The number of fused-ring (bicyclic) bond motifs is 1. The van der Waals surface area contributed by atoms with Crippen molar-refractivity contribution in [1.82, 2.24) is 10.3 Å². The molecule has 0 aliphatic rings. The number of thiophene rings is 1. The zero-order valence-corrected chi connectivity index (χ0v) is 12.1. The minimum Gasteiger partial charge on any atom is -0.396 e. The molecule has 0 saturated heterocycles. The van der Waals surface area contributed by atoms with Crippen molar-refractivity contribution >= 4 is 43.2 Å². The molecule has 0 saturated carbocycles. The molecule has 0 bridgehead atoms. The number of amides is 1. The number of anilines is 1. The van der Waals surface area contributed by atoms with E-state index in [2.05, 4.69) is 10.3 Å². The summed E-state index contributed by atoms with van der Waals surface area (Å²) < 4.78 is 22.3. The summed E-state index contributed by atoms with van der Waals surface area (Å²) in [4.78, 5) is 16.5. The lowest BCUT2D eigenvalue weighted by molar-refractivity contribution is 0.0958. The van der Waals surface area contributed by atoms with Crippen molar-refractivity contribution < 1.29 is 13.2 Å². The second-order valence-electron chi connectivity index (χ2n) is 4.17. The van der Waals surface area contributed by atoms with Gasteiger partial charge in [-0.3, -0.25) is 9.78 Å². The lowest BCUT2D eigenvalue weighted by Crippen LogP contribution is -2.27. The van der Waals surface area contributed by atoms with Crippen molar-refractivity contribution in [1.29, 1.82) is 0 Å². The third-order valence-corrected chi connectivity index (χ3v) is 4.60. The highest BCUT2D eigenvalue weighted by molar-refractivity contribution is 7.89. The number of hydrogen-bond acceptors (Lipinski definition) is 6. The third-order valence-electron chi connectivity index (χ3n) is 2.58. The maximum Gasteiger partial charge on any atom is 0.263 e. The molecular formula is C11H14N4O3S2. The number of carbonyl (C=O) groups is 1. The Labute approximate surface area is 120 Å². The van der Waals surface area contributed by atoms with Crippen molar-refractivity contribution in [3.8, 4) is 0 Å². The molecule has 0 unspecified atom stereocenters. The van der Waals surface area contributed by atoms with E-state index in [1.54, 1.807) is 12.3 Å². The summed E-state index contributed by atoms with van der Waals surface area (Å²) in [5.74, 6) is -0.503. The minimum atomic E-state index is -3.50. The van der Waals surface area contributed by atoms with Gasteiger partial charge in [-0.2, -0.15) is 0 Å². The van der Waals surface area contributed by atoms with Crippen molar-refractivity contribution in [3.05, 3.63) is 23.2 Å². The number of hydrogen-bond donors (Lipinski definition) is 3. The highest BCUT2D eigenvalue weighted by Crippen LogP contribution is 2.31. The van der Waals surface area contributed by atoms with Crippen LogP contribution in [0, 0.1) is 0 Å². The molecule has 5 N–H and O–H groups in total. The fraction of sp³-hybridized carbons (Fsp3) is 0.273. The number of pyridine rings is 1. The van der Waals surface area contributed by atoms with Gasteiger partial charge in [0.05, 0.1) is 16.1 Å². The summed E-state index contributed by atoms with van der Waals surface area (Å²) in [5.41, 5.74) is 6.83.